The molecule has 4 nitrogen and oxygen atoms in total. The Morgan fingerprint density at radius 2 is 2.05 bits per heavy atom. The highest BCUT2D eigenvalue weighted by Gasteiger charge is 2.16. The molecule has 0 aliphatic carbocycles. The minimum atomic E-state index is -0.525. The number of ether oxygens (including phenoxy) is 1. The zero-order valence-electron chi connectivity index (χ0n) is 13.2. The van der Waals surface area contributed by atoms with Crippen LogP contribution in [0.4, 0.5) is 0 Å². The zero-order valence-corrected chi connectivity index (χ0v) is 14.7. The van der Waals surface area contributed by atoms with Crippen LogP contribution in [-0.2, 0) is 11.2 Å². The number of hydrogen-bond acceptors (Lipinski definition) is 3. The lowest BCUT2D eigenvalue weighted by Crippen LogP contribution is -2.41. The van der Waals surface area contributed by atoms with Gasteiger partial charge in [-0.1, -0.05) is 22.9 Å². The van der Waals surface area contributed by atoms with Crippen LogP contribution in [0.3, 0.4) is 0 Å². The Labute approximate surface area is 135 Å². The van der Waals surface area contributed by atoms with Gasteiger partial charge < -0.3 is 15.8 Å². The van der Waals surface area contributed by atoms with Crippen molar-refractivity contribution in [1.29, 1.82) is 0 Å². The van der Waals surface area contributed by atoms with E-state index < -0.39 is 6.10 Å². The van der Waals surface area contributed by atoms with Crippen LogP contribution in [0.15, 0.2) is 22.7 Å². The molecule has 1 aromatic carbocycles. The van der Waals surface area contributed by atoms with E-state index in [9.17, 15) is 4.79 Å². The van der Waals surface area contributed by atoms with Crippen molar-refractivity contribution < 1.29 is 9.53 Å². The number of rotatable bonds is 7. The van der Waals surface area contributed by atoms with Crippen LogP contribution in [0.5, 0.6) is 5.75 Å². The Balaban J connectivity index is 2.71. The van der Waals surface area contributed by atoms with E-state index in [4.69, 9.17) is 10.5 Å². The summed E-state index contributed by atoms with van der Waals surface area (Å²) in [5, 5.41) is 2.91. The fraction of sp³-hybridized carbons (Fsp3) is 0.562. The maximum atomic E-state index is 12.0. The quantitative estimate of drug-likeness (QED) is 0.789. The molecule has 0 bridgehead atoms. The summed E-state index contributed by atoms with van der Waals surface area (Å²) in [6.45, 7) is 7.73. The fourth-order valence-electron chi connectivity index (χ4n) is 1.85. The van der Waals surface area contributed by atoms with E-state index in [2.05, 4.69) is 21.2 Å². The second-order valence-electron chi connectivity index (χ2n) is 5.51. The lowest BCUT2D eigenvalue weighted by atomic mass is 10.1. The molecule has 1 amide bonds. The first-order chi connectivity index (χ1) is 9.83. The number of carbonyl (C=O) groups is 1. The summed E-state index contributed by atoms with van der Waals surface area (Å²) in [6, 6.07) is 5.93. The summed E-state index contributed by atoms with van der Waals surface area (Å²) in [5.74, 6) is 0.585. The normalized spacial score (nSPS) is 15.1. The molecule has 3 N–H and O–H groups in total. The van der Waals surface area contributed by atoms with Crippen molar-refractivity contribution in [2.75, 3.05) is 0 Å². The van der Waals surface area contributed by atoms with Crippen molar-refractivity contribution in [3.8, 4) is 5.75 Å². The molecule has 0 aromatic heterocycles. The summed E-state index contributed by atoms with van der Waals surface area (Å²) in [5.41, 5.74) is 6.92. The smallest absolute Gasteiger partial charge is 0.260 e. The SMILES string of the molecule is CCC(C)NC(=O)C(C)Oc1ccc(Br)c(CC(C)N)c1. The number of carbonyl (C=O) groups excluding carboxylic acids is 1. The first kappa shape index (κ1) is 18.0. The summed E-state index contributed by atoms with van der Waals surface area (Å²) >= 11 is 3.51. The number of nitrogens with one attached hydrogen (secondary N) is 1. The van der Waals surface area contributed by atoms with E-state index in [1.54, 1.807) is 6.92 Å². The van der Waals surface area contributed by atoms with Crippen molar-refractivity contribution in [3.63, 3.8) is 0 Å². The van der Waals surface area contributed by atoms with Gasteiger partial charge in [0.05, 0.1) is 0 Å². The largest absolute Gasteiger partial charge is 0.481 e. The van der Waals surface area contributed by atoms with Gasteiger partial charge in [-0.3, -0.25) is 4.79 Å². The lowest BCUT2D eigenvalue weighted by Gasteiger charge is -2.18. The van der Waals surface area contributed by atoms with Gasteiger partial charge in [0, 0.05) is 16.6 Å². The average Bonchev–Trinajstić information content (AvgIpc) is 2.41. The molecule has 3 atom stereocenters. The molecule has 0 spiro atoms. The summed E-state index contributed by atoms with van der Waals surface area (Å²) in [4.78, 5) is 12.0. The Kier molecular flexibility index (Phi) is 7.18. The number of hydrogen-bond donors (Lipinski definition) is 2. The second-order valence-corrected chi connectivity index (χ2v) is 6.37. The van der Waals surface area contributed by atoms with Gasteiger partial charge in [-0.15, -0.1) is 0 Å². The van der Waals surface area contributed by atoms with Crippen LogP contribution < -0.4 is 15.8 Å². The standard InChI is InChI=1S/C16H25BrN2O2/c1-5-11(3)19-16(20)12(4)21-14-6-7-15(17)13(9-14)8-10(2)18/h6-7,9-12H,5,8,18H2,1-4H3,(H,19,20). The number of nitrogens with two attached hydrogens (primary N) is 1. The fourth-order valence-corrected chi connectivity index (χ4v) is 2.26. The van der Waals surface area contributed by atoms with Crippen LogP contribution in [0.25, 0.3) is 0 Å². The van der Waals surface area contributed by atoms with E-state index in [1.807, 2.05) is 39.0 Å². The van der Waals surface area contributed by atoms with Crippen LogP contribution in [-0.4, -0.2) is 24.1 Å². The highest BCUT2D eigenvalue weighted by atomic mass is 79.9. The second kappa shape index (κ2) is 8.39. The maximum Gasteiger partial charge on any atom is 0.260 e. The minimum Gasteiger partial charge on any atom is -0.481 e. The molecule has 3 unspecified atom stereocenters. The van der Waals surface area contributed by atoms with Gasteiger partial charge in [-0.05, 0) is 57.4 Å². The summed E-state index contributed by atoms with van der Waals surface area (Å²) < 4.78 is 6.73. The Bertz CT molecular complexity index is 477. The van der Waals surface area contributed by atoms with Crippen molar-refractivity contribution in [2.24, 2.45) is 5.73 Å². The van der Waals surface area contributed by atoms with Crippen LogP contribution in [0, 0.1) is 0 Å². The van der Waals surface area contributed by atoms with E-state index in [0.29, 0.717) is 5.75 Å². The number of amides is 1. The van der Waals surface area contributed by atoms with Crippen LogP contribution in [0.1, 0.15) is 39.7 Å². The molecule has 0 heterocycles. The molecular weight excluding hydrogens is 332 g/mol. The van der Waals surface area contributed by atoms with Crippen molar-refractivity contribution >= 4 is 21.8 Å². The van der Waals surface area contributed by atoms with Gasteiger partial charge in [0.25, 0.3) is 5.91 Å². The number of benzene rings is 1. The van der Waals surface area contributed by atoms with Gasteiger partial charge in [-0.25, -0.2) is 0 Å². The van der Waals surface area contributed by atoms with E-state index in [0.717, 1.165) is 22.9 Å². The lowest BCUT2D eigenvalue weighted by molar-refractivity contribution is -0.127. The van der Waals surface area contributed by atoms with Crippen LogP contribution in [0.2, 0.25) is 0 Å². The third-order valence-corrected chi connectivity index (χ3v) is 4.02. The molecule has 0 saturated heterocycles. The van der Waals surface area contributed by atoms with Gasteiger partial charge in [-0.2, -0.15) is 0 Å². The molecule has 5 heteroatoms. The summed E-state index contributed by atoms with van der Waals surface area (Å²) in [7, 11) is 0. The predicted molar refractivity (Wildman–Crippen MR) is 89.5 cm³/mol. The van der Waals surface area contributed by atoms with E-state index in [1.165, 1.54) is 0 Å². The molecule has 1 rings (SSSR count). The molecule has 0 aliphatic rings. The van der Waals surface area contributed by atoms with Gasteiger partial charge >= 0.3 is 0 Å². The van der Waals surface area contributed by atoms with Crippen molar-refractivity contribution in [2.45, 2.75) is 58.7 Å². The molecule has 0 saturated carbocycles. The average molecular weight is 357 g/mol. The molecule has 21 heavy (non-hydrogen) atoms. The maximum absolute atomic E-state index is 12.0. The van der Waals surface area contributed by atoms with Crippen molar-refractivity contribution in [1.82, 2.24) is 5.32 Å². The Hall–Kier alpha value is -1.07. The zero-order chi connectivity index (χ0) is 16.0. The van der Waals surface area contributed by atoms with E-state index in [-0.39, 0.29) is 18.0 Å². The van der Waals surface area contributed by atoms with E-state index >= 15 is 0 Å². The minimum absolute atomic E-state index is 0.0719. The Morgan fingerprint density at radius 1 is 1.38 bits per heavy atom. The van der Waals surface area contributed by atoms with Crippen molar-refractivity contribution in [3.05, 3.63) is 28.2 Å². The molecule has 0 aliphatic heterocycles. The molecule has 0 radical (unpaired) electrons. The topological polar surface area (TPSA) is 64.3 Å². The molecule has 1 aromatic rings. The molecule has 0 fully saturated rings. The van der Waals surface area contributed by atoms with Gasteiger partial charge in [0.15, 0.2) is 6.10 Å². The number of halogens is 1. The highest BCUT2D eigenvalue weighted by molar-refractivity contribution is 9.10. The molecular formula is C16H25BrN2O2. The predicted octanol–water partition coefficient (Wildman–Crippen LogP) is 3.02. The summed E-state index contributed by atoms with van der Waals surface area (Å²) in [6.07, 6.45) is 1.13. The third-order valence-electron chi connectivity index (χ3n) is 3.24. The van der Waals surface area contributed by atoms with Gasteiger partial charge in [0.1, 0.15) is 5.75 Å². The first-order valence-corrected chi connectivity index (χ1v) is 8.13. The third kappa shape index (κ3) is 6.06. The first-order valence-electron chi connectivity index (χ1n) is 7.34. The Morgan fingerprint density at radius 3 is 2.62 bits per heavy atom. The highest BCUT2D eigenvalue weighted by Crippen LogP contribution is 2.24. The molecule has 118 valence electrons. The van der Waals surface area contributed by atoms with Gasteiger partial charge in [0.2, 0.25) is 0 Å². The van der Waals surface area contributed by atoms with Crippen LogP contribution >= 0.6 is 15.9 Å². The monoisotopic (exact) mass is 356 g/mol.